The van der Waals surface area contributed by atoms with E-state index in [-0.39, 0.29) is 16.2 Å². The van der Waals surface area contributed by atoms with Gasteiger partial charge in [0.15, 0.2) is 0 Å². The van der Waals surface area contributed by atoms with Crippen molar-refractivity contribution in [3.8, 4) is 55.6 Å². The average Bonchev–Trinajstić information content (AvgIpc) is 4.15. The van der Waals surface area contributed by atoms with E-state index in [0.717, 1.165) is 40.9 Å². The van der Waals surface area contributed by atoms with Crippen LogP contribution in [0.4, 0.5) is 17.1 Å². The summed E-state index contributed by atoms with van der Waals surface area (Å²) in [5.74, 6) is 0. The van der Waals surface area contributed by atoms with E-state index in [4.69, 9.17) is 8.83 Å². The zero-order valence-electron chi connectivity index (χ0n) is 49.8. The standard InChI is InChI=1S/C81H75NO2/c1-7-9-11-13-27-45-81(46-28-14-12-10-8-2)68-48-55(40-42-58(68)74-69(81)49-61(53-31-19-16-20-32-53)78-77(74)60-35-23-26-38-72(60)84-78)82(70-36-24-21-33-56(70)52-29-17-15-18-30-52)54-39-41-57-62-50-67-63(51-66(62)80(5,6)65(57)47-54)75-64(79(67,3)4)43-44-73-76(75)59-34-22-25-37-71(59)83-73/h15-26,29-44,47-51H,7-14,27-28,45-46H2,1-6H3. The van der Waals surface area contributed by atoms with Crippen LogP contribution in [0.15, 0.2) is 209 Å². The lowest BCUT2D eigenvalue weighted by Crippen LogP contribution is -2.26. The molecule has 0 atom stereocenters. The van der Waals surface area contributed by atoms with Crippen LogP contribution >= 0.6 is 0 Å². The Hall–Kier alpha value is -8.40. The summed E-state index contributed by atoms with van der Waals surface area (Å²) in [5.41, 5.74) is 27.9. The Morgan fingerprint density at radius 1 is 0.345 bits per heavy atom. The van der Waals surface area contributed by atoms with E-state index in [1.54, 1.807) is 0 Å². The van der Waals surface area contributed by atoms with Gasteiger partial charge in [-0.25, -0.2) is 0 Å². The van der Waals surface area contributed by atoms with Gasteiger partial charge in [0.05, 0.1) is 5.69 Å². The zero-order valence-corrected chi connectivity index (χ0v) is 49.8. The molecule has 416 valence electrons. The summed E-state index contributed by atoms with van der Waals surface area (Å²) in [5, 5.41) is 4.86. The van der Waals surface area contributed by atoms with Gasteiger partial charge in [-0.1, -0.05) is 239 Å². The molecule has 3 nitrogen and oxygen atoms in total. The number of para-hydroxylation sites is 3. The maximum absolute atomic E-state index is 7.07. The fourth-order valence-electron chi connectivity index (χ4n) is 15.9. The molecular formula is C81H75NO2. The minimum absolute atomic E-state index is 0.190. The highest BCUT2D eigenvalue weighted by Gasteiger charge is 2.46. The summed E-state index contributed by atoms with van der Waals surface area (Å²) < 4.78 is 13.6. The van der Waals surface area contributed by atoms with Crippen LogP contribution in [0.3, 0.4) is 0 Å². The molecule has 0 saturated carbocycles. The van der Waals surface area contributed by atoms with E-state index in [1.165, 1.54) is 186 Å². The first kappa shape index (κ1) is 52.4. The maximum atomic E-state index is 7.07. The monoisotopic (exact) mass is 1090 g/mol. The van der Waals surface area contributed by atoms with Crippen LogP contribution in [0.1, 0.15) is 152 Å². The number of rotatable bonds is 17. The van der Waals surface area contributed by atoms with Gasteiger partial charge in [-0.05, 0) is 157 Å². The first-order chi connectivity index (χ1) is 41.1. The van der Waals surface area contributed by atoms with Gasteiger partial charge in [-0.2, -0.15) is 0 Å². The van der Waals surface area contributed by atoms with Crippen LogP contribution in [-0.4, -0.2) is 0 Å². The van der Waals surface area contributed by atoms with E-state index in [1.807, 2.05) is 0 Å². The molecule has 3 aliphatic carbocycles. The molecule has 0 spiro atoms. The molecule has 0 saturated heterocycles. The molecule has 0 N–H and O–H groups in total. The minimum atomic E-state index is -0.293. The largest absolute Gasteiger partial charge is 0.456 e. The Bertz CT molecular complexity index is 4510. The van der Waals surface area contributed by atoms with Crippen LogP contribution < -0.4 is 4.90 Å². The fraction of sp³-hybridized carbons (Fsp3) is 0.259. The Morgan fingerprint density at radius 2 is 0.857 bits per heavy atom. The van der Waals surface area contributed by atoms with Gasteiger partial charge in [0.2, 0.25) is 0 Å². The first-order valence-electron chi connectivity index (χ1n) is 31.5. The number of furan rings is 2. The second-order valence-electron chi connectivity index (χ2n) is 25.8. The molecule has 0 fully saturated rings. The third kappa shape index (κ3) is 8.04. The van der Waals surface area contributed by atoms with Crippen LogP contribution in [0, 0.1) is 0 Å². The highest BCUT2D eigenvalue weighted by Crippen LogP contribution is 2.62. The molecule has 2 heterocycles. The Labute approximate surface area is 496 Å². The van der Waals surface area contributed by atoms with Crippen molar-refractivity contribution in [3.05, 3.63) is 234 Å². The van der Waals surface area contributed by atoms with E-state index in [0.29, 0.717) is 0 Å². The molecule has 84 heavy (non-hydrogen) atoms. The molecule has 0 unspecified atom stereocenters. The number of hydrogen-bond acceptors (Lipinski definition) is 3. The maximum Gasteiger partial charge on any atom is 0.143 e. The van der Waals surface area contributed by atoms with Gasteiger partial charge in [-0.3, -0.25) is 0 Å². The van der Waals surface area contributed by atoms with Gasteiger partial charge in [-0.15, -0.1) is 0 Å². The van der Waals surface area contributed by atoms with Crippen molar-refractivity contribution in [2.75, 3.05) is 4.90 Å². The summed E-state index contributed by atoms with van der Waals surface area (Å²) in [6.45, 7) is 14.4. The lowest BCUT2D eigenvalue weighted by molar-refractivity contribution is 0.399. The SMILES string of the molecule is CCCCCCCC1(CCCCCCC)c2cc(N(c3ccc4c(c3)C(C)(C)c3cc5c(cc3-4)C(C)(C)c3ccc4oc6ccccc6c4c3-5)c3ccccc3-c3ccccc3)ccc2-c2c1cc(-c1ccccc1)c1oc3ccccc3c21. The molecule has 0 aliphatic heterocycles. The third-order valence-electron chi connectivity index (χ3n) is 20.2. The van der Waals surface area contributed by atoms with Crippen LogP contribution in [0.25, 0.3) is 99.5 Å². The Morgan fingerprint density at radius 3 is 1.55 bits per heavy atom. The number of benzene rings is 10. The lowest BCUT2D eigenvalue weighted by Gasteiger charge is -2.35. The normalized spacial score (nSPS) is 14.7. The summed E-state index contributed by atoms with van der Waals surface area (Å²) >= 11 is 0. The second-order valence-corrected chi connectivity index (χ2v) is 25.8. The molecule has 0 amide bonds. The number of fused-ring (bicyclic) bond motifs is 17. The third-order valence-corrected chi connectivity index (χ3v) is 20.2. The summed E-state index contributed by atoms with van der Waals surface area (Å²) in [6.07, 6.45) is 14.6. The van der Waals surface area contributed by atoms with E-state index in [2.05, 4.69) is 247 Å². The van der Waals surface area contributed by atoms with Crippen molar-refractivity contribution in [2.24, 2.45) is 0 Å². The number of anilines is 3. The van der Waals surface area contributed by atoms with Crippen LogP contribution in [0.5, 0.6) is 0 Å². The predicted molar refractivity (Wildman–Crippen MR) is 355 cm³/mol. The Balaban J connectivity index is 0.943. The van der Waals surface area contributed by atoms with E-state index >= 15 is 0 Å². The molecule has 12 aromatic rings. The summed E-state index contributed by atoms with van der Waals surface area (Å²) in [7, 11) is 0. The molecule has 2 aromatic heterocycles. The van der Waals surface area contributed by atoms with Crippen molar-refractivity contribution >= 4 is 60.9 Å². The number of nitrogens with zero attached hydrogens (tertiary/aromatic N) is 1. The van der Waals surface area contributed by atoms with Crippen molar-refractivity contribution in [2.45, 2.75) is 135 Å². The molecule has 0 radical (unpaired) electrons. The second kappa shape index (κ2) is 20.4. The topological polar surface area (TPSA) is 29.5 Å². The summed E-state index contributed by atoms with van der Waals surface area (Å²) in [6, 6.07) is 75.8. The van der Waals surface area contributed by atoms with Gasteiger partial charge in [0.25, 0.3) is 0 Å². The van der Waals surface area contributed by atoms with Crippen molar-refractivity contribution in [1.82, 2.24) is 0 Å². The molecule has 10 aromatic carbocycles. The van der Waals surface area contributed by atoms with Crippen LogP contribution in [0.2, 0.25) is 0 Å². The average molecular weight is 1090 g/mol. The molecular weight excluding hydrogens is 1020 g/mol. The summed E-state index contributed by atoms with van der Waals surface area (Å²) in [4.78, 5) is 2.61. The van der Waals surface area contributed by atoms with E-state index in [9.17, 15) is 0 Å². The highest BCUT2D eigenvalue weighted by atomic mass is 16.3. The van der Waals surface area contributed by atoms with Crippen molar-refractivity contribution < 1.29 is 8.83 Å². The zero-order chi connectivity index (χ0) is 56.9. The molecule has 3 aliphatic rings. The Kier molecular flexibility index (Phi) is 12.8. The van der Waals surface area contributed by atoms with Crippen molar-refractivity contribution in [1.29, 1.82) is 0 Å². The van der Waals surface area contributed by atoms with Crippen molar-refractivity contribution in [3.63, 3.8) is 0 Å². The van der Waals surface area contributed by atoms with Gasteiger partial charge < -0.3 is 13.7 Å². The molecule has 3 heteroatoms. The number of unbranched alkanes of at least 4 members (excludes halogenated alkanes) is 8. The van der Waals surface area contributed by atoms with Gasteiger partial charge in [0.1, 0.15) is 22.3 Å². The minimum Gasteiger partial charge on any atom is -0.456 e. The highest BCUT2D eigenvalue weighted by molar-refractivity contribution is 6.19. The van der Waals surface area contributed by atoms with Gasteiger partial charge >= 0.3 is 0 Å². The predicted octanol–water partition coefficient (Wildman–Crippen LogP) is 23.9. The smallest absolute Gasteiger partial charge is 0.143 e. The number of hydrogen-bond donors (Lipinski definition) is 0. The van der Waals surface area contributed by atoms with Crippen LogP contribution in [-0.2, 0) is 16.2 Å². The first-order valence-corrected chi connectivity index (χ1v) is 31.5. The molecule has 0 bridgehead atoms. The lowest BCUT2D eigenvalue weighted by atomic mass is 9.70. The fourth-order valence-corrected chi connectivity index (χ4v) is 15.9. The molecule has 15 rings (SSSR count). The van der Waals surface area contributed by atoms with Gasteiger partial charge in [0, 0.05) is 60.3 Å². The quantitative estimate of drug-likeness (QED) is 0.0851. The van der Waals surface area contributed by atoms with E-state index < -0.39 is 0 Å².